The van der Waals surface area contributed by atoms with Crippen LogP contribution in [-0.4, -0.2) is 18.7 Å². The Hall–Kier alpha value is -1.06. The molecule has 0 aromatic rings. The summed E-state index contributed by atoms with van der Waals surface area (Å²) >= 11 is 0. The number of aliphatic imine (C=N–C) groups is 1. The summed E-state index contributed by atoms with van der Waals surface area (Å²) in [5.41, 5.74) is 9.41. The standard InChI is InChI=1S/C9H18N4/c1-7-4-3-5-8(6-7)12-13-9(10)11-2/h7H,3-6H2,1-2H3,(H3,10,11,13)/b12-8+. The van der Waals surface area contributed by atoms with E-state index in [9.17, 15) is 0 Å². The van der Waals surface area contributed by atoms with Gasteiger partial charge in [-0.3, -0.25) is 4.99 Å². The lowest BCUT2D eigenvalue weighted by Gasteiger charge is -2.18. The van der Waals surface area contributed by atoms with Crippen LogP contribution in [0.15, 0.2) is 10.1 Å². The lowest BCUT2D eigenvalue weighted by Crippen LogP contribution is -2.29. The van der Waals surface area contributed by atoms with Gasteiger partial charge in [0.25, 0.3) is 0 Å². The minimum atomic E-state index is 0.380. The largest absolute Gasteiger partial charge is 0.369 e. The summed E-state index contributed by atoms with van der Waals surface area (Å²) < 4.78 is 0. The molecule has 74 valence electrons. The second-order valence-electron chi connectivity index (χ2n) is 3.60. The molecular formula is C9H18N4. The summed E-state index contributed by atoms with van der Waals surface area (Å²) in [6.45, 7) is 2.26. The van der Waals surface area contributed by atoms with Crippen LogP contribution in [-0.2, 0) is 0 Å². The SMILES string of the molecule is CN=C(N)N/N=C1\CCCC(C)C1. The number of hydrogen-bond acceptors (Lipinski definition) is 2. The molecule has 1 unspecified atom stereocenters. The number of hydrogen-bond donors (Lipinski definition) is 2. The molecule has 1 aliphatic rings. The topological polar surface area (TPSA) is 62.8 Å². The second kappa shape index (κ2) is 4.84. The first-order valence-electron chi connectivity index (χ1n) is 4.76. The number of nitrogens with zero attached hydrogens (tertiary/aromatic N) is 2. The van der Waals surface area contributed by atoms with Gasteiger partial charge in [0.1, 0.15) is 0 Å². The highest BCUT2D eigenvalue weighted by atomic mass is 15.4. The predicted molar refractivity (Wildman–Crippen MR) is 55.7 cm³/mol. The number of rotatable bonds is 1. The maximum atomic E-state index is 5.46. The zero-order valence-electron chi connectivity index (χ0n) is 8.38. The molecule has 0 spiro atoms. The Bertz CT molecular complexity index is 220. The average molecular weight is 182 g/mol. The summed E-state index contributed by atoms with van der Waals surface area (Å²) in [5.74, 6) is 1.14. The van der Waals surface area contributed by atoms with Crippen LogP contribution in [0.3, 0.4) is 0 Å². The Morgan fingerprint density at radius 3 is 3.00 bits per heavy atom. The van der Waals surface area contributed by atoms with E-state index in [-0.39, 0.29) is 0 Å². The van der Waals surface area contributed by atoms with Crippen molar-refractivity contribution >= 4 is 11.7 Å². The van der Waals surface area contributed by atoms with Crippen LogP contribution in [0.1, 0.15) is 32.6 Å². The third kappa shape index (κ3) is 3.44. The van der Waals surface area contributed by atoms with E-state index in [1.807, 2.05) is 0 Å². The van der Waals surface area contributed by atoms with Gasteiger partial charge in [-0.05, 0) is 31.6 Å². The number of guanidine groups is 1. The first-order valence-corrected chi connectivity index (χ1v) is 4.76. The Morgan fingerprint density at radius 1 is 1.62 bits per heavy atom. The lowest BCUT2D eigenvalue weighted by molar-refractivity contribution is 0.498. The predicted octanol–water partition coefficient (Wildman–Crippen LogP) is 1.09. The molecule has 1 rings (SSSR count). The third-order valence-electron chi connectivity index (χ3n) is 2.32. The molecule has 13 heavy (non-hydrogen) atoms. The van der Waals surface area contributed by atoms with E-state index in [1.54, 1.807) is 7.05 Å². The molecule has 3 N–H and O–H groups in total. The average Bonchev–Trinajstić information content (AvgIpc) is 2.14. The molecule has 1 aliphatic carbocycles. The van der Waals surface area contributed by atoms with Gasteiger partial charge in [-0.25, -0.2) is 5.43 Å². The summed E-state index contributed by atoms with van der Waals surface area (Å²) in [6, 6.07) is 0. The minimum Gasteiger partial charge on any atom is -0.369 e. The van der Waals surface area contributed by atoms with Gasteiger partial charge in [0, 0.05) is 12.8 Å². The van der Waals surface area contributed by atoms with Crippen molar-refractivity contribution in [2.45, 2.75) is 32.6 Å². The highest BCUT2D eigenvalue weighted by Crippen LogP contribution is 2.20. The zero-order valence-corrected chi connectivity index (χ0v) is 8.38. The zero-order chi connectivity index (χ0) is 9.68. The molecule has 1 fully saturated rings. The molecule has 0 aromatic carbocycles. The van der Waals surface area contributed by atoms with Crippen LogP contribution in [0, 0.1) is 5.92 Å². The second-order valence-corrected chi connectivity index (χ2v) is 3.60. The van der Waals surface area contributed by atoms with Crippen LogP contribution >= 0.6 is 0 Å². The molecule has 1 saturated carbocycles. The number of hydrazone groups is 1. The van der Waals surface area contributed by atoms with Crippen molar-refractivity contribution in [3.05, 3.63) is 0 Å². The van der Waals surface area contributed by atoms with Gasteiger partial charge in [0.15, 0.2) is 0 Å². The van der Waals surface area contributed by atoms with E-state index < -0.39 is 0 Å². The molecule has 0 amide bonds. The summed E-state index contributed by atoms with van der Waals surface area (Å²) in [4.78, 5) is 3.77. The number of nitrogens with one attached hydrogen (secondary N) is 1. The molecule has 4 nitrogen and oxygen atoms in total. The normalized spacial score (nSPS) is 27.7. The molecular weight excluding hydrogens is 164 g/mol. The molecule has 0 bridgehead atoms. The van der Waals surface area contributed by atoms with Crippen LogP contribution in [0.5, 0.6) is 0 Å². The molecule has 1 atom stereocenters. The Balaban J connectivity index is 2.41. The smallest absolute Gasteiger partial charge is 0.209 e. The quantitative estimate of drug-likeness (QED) is 0.362. The fourth-order valence-electron chi connectivity index (χ4n) is 1.55. The first kappa shape index (κ1) is 10.0. The monoisotopic (exact) mass is 182 g/mol. The maximum Gasteiger partial charge on any atom is 0.209 e. The van der Waals surface area contributed by atoms with Gasteiger partial charge in [-0.15, -0.1) is 0 Å². The first-order chi connectivity index (χ1) is 6.22. The van der Waals surface area contributed by atoms with Gasteiger partial charge in [0.05, 0.1) is 0 Å². The molecule has 0 aromatic heterocycles. The van der Waals surface area contributed by atoms with Crippen molar-refractivity contribution in [1.82, 2.24) is 5.43 Å². The van der Waals surface area contributed by atoms with Crippen molar-refractivity contribution in [3.63, 3.8) is 0 Å². The Morgan fingerprint density at radius 2 is 2.38 bits per heavy atom. The molecule has 0 saturated heterocycles. The van der Waals surface area contributed by atoms with Gasteiger partial charge >= 0.3 is 0 Å². The van der Waals surface area contributed by atoms with Crippen molar-refractivity contribution in [2.75, 3.05) is 7.05 Å². The summed E-state index contributed by atoms with van der Waals surface area (Å²) in [7, 11) is 1.64. The van der Waals surface area contributed by atoms with Crippen molar-refractivity contribution in [1.29, 1.82) is 0 Å². The van der Waals surface area contributed by atoms with E-state index in [2.05, 4.69) is 22.4 Å². The van der Waals surface area contributed by atoms with Crippen LogP contribution in [0.4, 0.5) is 0 Å². The van der Waals surface area contributed by atoms with E-state index in [0.29, 0.717) is 5.96 Å². The Kier molecular flexibility index (Phi) is 3.73. The van der Waals surface area contributed by atoms with E-state index >= 15 is 0 Å². The van der Waals surface area contributed by atoms with Gasteiger partial charge in [0.2, 0.25) is 5.96 Å². The van der Waals surface area contributed by atoms with Crippen LogP contribution in [0.25, 0.3) is 0 Å². The highest BCUT2D eigenvalue weighted by molar-refractivity contribution is 5.87. The fourth-order valence-corrected chi connectivity index (χ4v) is 1.55. The van der Waals surface area contributed by atoms with Crippen molar-refractivity contribution in [2.24, 2.45) is 21.7 Å². The highest BCUT2D eigenvalue weighted by Gasteiger charge is 2.13. The van der Waals surface area contributed by atoms with Crippen molar-refractivity contribution in [3.8, 4) is 0 Å². The van der Waals surface area contributed by atoms with E-state index in [1.165, 1.54) is 18.6 Å². The van der Waals surface area contributed by atoms with Crippen LogP contribution in [0.2, 0.25) is 0 Å². The van der Waals surface area contributed by atoms with Gasteiger partial charge in [-0.1, -0.05) is 6.92 Å². The summed E-state index contributed by atoms with van der Waals surface area (Å²) in [5, 5.41) is 4.22. The van der Waals surface area contributed by atoms with E-state index in [0.717, 1.165) is 18.8 Å². The third-order valence-corrected chi connectivity index (χ3v) is 2.32. The van der Waals surface area contributed by atoms with Crippen LogP contribution < -0.4 is 11.2 Å². The molecule has 0 heterocycles. The number of nitrogens with two attached hydrogens (primary N) is 1. The minimum absolute atomic E-state index is 0.380. The van der Waals surface area contributed by atoms with Gasteiger partial charge in [-0.2, -0.15) is 5.10 Å². The summed E-state index contributed by atoms with van der Waals surface area (Å²) in [6.07, 6.45) is 4.74. The fraction of sp³-hybridized carbons (Fsp3) is 0.778. The van der Waals surface area contributed by atoms with Crippen molar-refractivity contribution < 1.29 is 0 Å². The lowest BCUT2D eigenvalue weighted by atomic mass is 9.89. The van der Waals surface area contributed by atoms with Gasteiger partial charge < -0.3 is 5.73 Å². The van der Waals surface area contributed by atoms with E-state index in [4.69, 9.17) is 5.73 Å². The molecule has 0 radical (unpaired) electrons. The molecule has 4 heteroatoms. The Labute approximate surface area is 79.3 Å². The maximum absolute atomic E-state index is 5.46. The molecule has 0 aliphatic heterocycles.